The first-order valence-electron chi connectivity index (χ1n) is 8.44. The lowest BCUT2D eigenvalue weighted by atomic mass is 10.1. The summed E-state index contributed by atoms with van der Waals surface area (Å²) in [5, 5.41) is 0. The van der Waals surface area contributed by atoms with Gasteiger partial charge in [-0.3, -0.25) is 9.69 Å². The lowest BCUT2D eigenvalue weighted by molar-refractivity contribution is 0.0654. The fraction of sp³-hybridized carbons (Fsp3) is 0.611. The van der Waals surface area contributed by atoms with E-state index in [-0.39, 0.29) is 18.2 Å². The number of ether oxygens (including phenoxy) is 2. The number of rotatable bonds is 9. The van der Waals surface area contributed by atoms with Crippen molar-refractivity contribution in [2.45, 2.75) is 13.3 Å². The van der Waals surface area contributed by atoms with E-state index in [1.54, 1.807) is 0 Å². The minimum atomic E-state index is 0. The number of benzene rings is 1. The predicted octanol–water partition coefficient (Wildman–Crippen LogP) is 2.34. The molecule has 1 aromatic rings. The molecule has 6 heteroatoms. The Morgan fingerprint density at radius 3 is 2.50 bits per heavy atom. The minimum Gasteiger partial charge on any atom is -0.490 e. The summed E-state index contributed by atoms with van der Waals surface area (Å²) >= 11 is 0. The number of carbonyl (C=O) groups is 1. The second-order valence-electron chi connectivity index (χ2n) is 5.88. The van der Waals surface area contributed by atoms with Crippen LogP contribution in [-0.2, 0) is 4.74 Å². The van der Waals surface area contributed by atoms with E-state index in [1.165, 1.54) is 0 Å². The summed E-state index contributed by atoms with van der Waals surface area (Å²) in [7, 11) is 2.16. The van der Waals surface area contributed by atoms with Gasteiger partial charge in [-0.2, -0.15) is 0 Å². The van der Waals surface area contributed by atoms with Crippen LogP contribution in [0.5, 0.6) is 5.75 Å². The first-order valence-corrected chi connectivity index (χ1v) is 8.44. The summed E-state index contributed by atoms with van der Waals surface area (Å²) < 4.78 is 11.3. The number of carbonyl (C=O) groups excluding carboxylic acids is 1. The van der Waals surface area contributed by atoms with Gasteiger partial charge in [0.25, 0.3) is 0 Å². The first kappa shape index (κ1) is 20.9. The van der Waals surface area contributed by atoms with Crippen molar-refractivity contribution in [3.05, 3.63) is 29.8 Å². The zero-order valence-corrected chi connectivity index (χ0v) is 15.5. The monoisotopic (exact) mass is 356 g/mol. The highest BCUT2D eigenvalue weighted by molar-refractivity contribution is 5.98. The van der Waals surface area contributed by atoms with Crippen molar-refractivity contribution in [2.24, 2.45) is 0 Å². The van der Waals surface area contributed by atoms with Crippen LogP contribution in [0, 0.1) is 0 Å². The van der Waals surface area contributed by atoms with Crippen LogP contribution in [0.3, 0.4) is 0 Å². The van der Waals surface area contributed by atoms with Crippen LogP contribution in [0.1, 0.15) is 23.7 Å². The molecular weight excluding hydrogens is 328 g/mol. The quantitative estimate of drug-likeness (QED) is 0.502. The minimum absolute atomic E-state index is 0. The number of halogens is 1. The van der Waals surface area contributed by atoms with Gasteiger partial charge in [0.05, 0.1) is 18.8 Å². The van der Waals surface area contributed by atoms with Crippen LogP contribution < -0.4 is 4.74 Å². The van der Waals surface area contributed by atoms with Crippen LogP contribution in [0.4, 0.5) is 0 Å². The second-order valence-corrected chi connectivity index (χ2v) is 5.88. The molecular formula is C18H29ClN2O3. The summed E-state index contributed by atoms with van der Waals surface area (Å²) in [6.07, 6.45) is 0.488. The molecule has 0 spiro atoms. The molecule has 0 amide bonds. The maximum Gasteiger partial charge on any atom is 0.166 e. The molecule has 0 aliphatic carbocycles. The van der Waals surface area contributed by atoms with Gasteiger partial charge in [-0.1, -0.05) is 19.1 Å². The van der Waals surface area contributed by atoms with Gasteiger partial charge in [-0.05, 0) is 19.2 Å². The van der Waals surface area contributed by atoms with Crippen molar-refractivity contribution in [3.8, 4) is 5.75 Å². The van der Waals surface area contributed by atoms with Crippen molar-refractivity contribution in [2.75, 3.05) is 59.6 Å². The molecule has 1 heterocycles. The standard InChI is InChI=1S/C18H28N2O3.ClH/c1-3-17(21)16-6-4-5-7-18(16)23-15-14-22-13-12-20-10-8-19(2)9-11-20;/h4-7H,3,8-15H2,1-2H3;1H. The van der Waals surface area contributed by atoms with Gasteiger partial charge >= 0.3 is 0 Å². The molecule has 0 N–H and O–H groups in total. The first-order chi connectivity index (χ1) is 11.2. The Hall–Kier alpha value is -1.14. The van der Waals surface area contributed by atoms with Crippen molar-refractivity contribution in [1.29, 1.82) is 0 Å². The van der Waals surface area contributed by atoms with Crippen molar-refractivity contribution in [1.82, 2.24) is 9.80 Å². The average Bonchev–Trinajstić information content (AvgIpc) is 2.59. The predicted molar refractivity (Wildman–Crippen MR) is 98.6 cm³/mol. The molecule has 0 saturated carbocycles. The fourth-order valence-corrected chi connectivity index (χ4v) is 2.59. The van der Waals surface area contributed by atoms with Gasteiger partial charge in [0.2, 0.25) is 0 Å². The van der Waals surface area contributed by atoms with E-state index in [4.69, 9.17) is 9.47 Å². The number of para-hydroxylation sites is 1. The molecule has 1 fully saturated rings. The van der Waals surface area contributed by atoms with Crippen LogP contribution in [0.15, 0.2) is 24.3 Å². The summed E-state index contributed by atoms with van der Waals surface area (Å²) in [6, 6.07) is 7.40. The number of piperazine rings is 1. The highest BCUT2D eigenvalue weighted by Crippen LogP contribution is 2.19. The zero-order valence-electron chi connectivity index (χ0n) is 14.7. The van der Waals surface area contributed by atoms with E-state index in [1.807, 2.05) is 31.2 Å². The van der Waals surface area contributed by atoms with E-state index in [0.29, 0.717) is 30.9 Å². The summed E-state index contributed by atoms with van der Waals surface area (Å²) in [5.41, 5.74) is 0.660. The third kappa shape index (κ3) is 6.77. The van der Waals surface area contributed by atoms with Gasteiger partial charge in [0, 0.05) is 39.1 Å². The number of Topliss-reactive ketones (excluding diaryl/α,β-unsaturated/α-hetero) is 1. The van der Waals surface area contributed by atoms with Crippen molar-refractivity contribution >= 4 is 18.2 Å². The van der Waals surface area contributed by atoms with Crippen molar-refractivity contribution < 1.29 is 14.3 Å². The Morgan fingerprint density at radius 2 is 1.79 bits per heavy atom. The van der Waals surface area contributed by atoms with Crippen LogP contribution in [0.2, 0.25) is 0 Å². The number of hydrogen-bond acceptors (Lipinski definition) is 5. The van der Waals surface area contributed by atoms with Gasteiger partial charge < -0.3 is 14.4 Å². The van der Waals surface area contributed by atoms with Gasteiger partial charge in [-0.25, -0.2) is 0 Å². The number of likely N-dealkylation sites (N-methyl/N-ethyl adjacent to an activating group) is 1. The summed E-state index contributed by atoms with van der Waals surface area (Å²) in [5.74, 6) is 0.763. The maximum atomic E-state index is 11.8. The molecule has 1 aromatic carbocycles. The summed E-state index contributed by atoms with van der Waals surface area (Å²) in [6.45, 7) is 9.06. The fourth-order valence-electron chi connectivity index (χ4n) is 2.59. The van der Waals surface area contributed by atoms with E-state index < -0.39 is 0 Å². The summed E-state index contributed by atoms with van der Waals surface area (Å²) in [4.78, 5) is 16.6. The van der Waals surface area contributed by atoms with Crippen LogP contribution >= 0.6 is 12.4 Å². The number of hydrogen-bond donors (Lipinski definition) is 0. The Kier molecular flexibility index (Phi) is 9.95. The van der Waals surface area contributed by atoms with Gasteiger partial charge in [0.15, 0.2) is 5.78 Å². The highest BCUT2D eigenvalue weighted by Gasteiger charge is 2.13. The smallest absolute Gasteiger partial charge is 0.166 e. The van der Waals surface area contributed by atoms with E-state index in [2.05, 4.69) is 16.8 Å². The molecule has 2 rings (SSSR count). The van der Waals surface area contributed by atoms with Gasteiger partial charge in [-0.15, -0.1) is 12.4 Å². The molecule has 0 radical (unpaired) electrons. The molecule has 1 aliphatic rings. The lowest BCUT2D eigenvalue weighted by Gasteiger charge is -2.32. The molecule has 1 saturated heterocycles. The molecule has 0 atom stereocenters. The molecule has 0 unspecified atom stereocenters. The topological polar surface area (TPSA) is 42.0 Å². The molecule has 5 nitrogen and oxygen atoms in total. The Morgan fingerprint density at radius 1 is 1.08 bits per heavy atom. The molecule has 0 aromatic heterocycles. The highest BCUT2D eigenvalue weighted by atomic mass is 35.5. The average molecular weight is 357 g/mol. The second kappa shape index (κ2) is 11.4. The van der Waals surface area contributed by atoms with Crippen LogP contribution in [-0.4, -0.2) is 75.2 Å². The van der Waals surface area contributed by atoms with Crippen molar-refractivity contribution in [3.63, 3.8) is 0 Å². The maximum absolute atomic E-state index is 11.8. The lowest BCUT2D eigenvalue weighted by Crippen LogP contribution is -2.45. The molecule has 1 aliphatic heterocycles. The molecule has 0 bridgehead atoms. The van der Waals surface area contributed by atoms with E-state index in [9.17, 15) is 4.79 Å². The molecule has 24 heavy (non-hydrogen) atoms. The number of nitrogens with zero attached hydrogens (tertiary/aromatic N) is 2. The third-order valence-corrected chi connectivity index (χ3v) is 4.14. The van der Waals surface area contributed by atoms with Crippen LogP contribution in [0.25, 0.3) is 0 Å². The SMILES string of the molecule is CCC(=O)c1ccccc1OCCOCCN1CCN(C)CC1.Cl. The Balaban J connectivity index is 0.00000288. The molecule has 136 valence electrons. The Labute approximate surface area is 151 Å². The van der Waals surface area contributed by atoms with Gasteiger partial charge in [0.1, 0.15) is 12.4 Å². The zero-order chi connectivity index (χ0) is 16.5. The third-order valence-electron chi connectivity index (χ3n) is 4.14. The largest absolute Gasteiger partial charge is 0.490 e. The number of ketones is 1. The van der Waals surface area contributed by atoms with E-state index >= 15 is 0 Å². The Bertz CT molecular complexity index is 491. The normalized spacial score (nSPS) is 15.8. The van der Waals surface area contributed by atoms with E-state index in [0.717, 1.165) is 39.3 Å².